The van der Waals surface area contributed by atoms with Crippen LogP contribution in [0.2, 0.25) is 0 Å². The van der Waals surface area contributed by atoms with Gasteiger partial charge in [0.2, 0.25) is 0 Å². The van der Waals surface area contributed by atoms with Crippen LogP contribution < -0.4 is 0 Å². The van der Waals surface area contributed by atoms with Gasteiger partial charge in [-0.1, -0.05) is 39.3 Å². The molecule has 1 unspecified atom stereocenters. The van der Waals surface area contributed by atoms with E-state index in [1.54, 1.807) is 0 Å². The summed E-state index contributed by atoms with van der Waals surface area (Å²) in [5.74, 6) is 0.913. The first-order chi connectivity index (χ1) is 6.69. The summed E-state index contributed by atoms with van der Waals surface area (Å²) in [6.45, 7) is 6.44. The molecule has 0 radical (unpaired) electrons. The third-order valence-electron chi connectivity index (χ3n) is 2.78. The summed E-state index contributed by atoms with van der Waals surface area (Å²) >= 11 is 0. The highest BCUT2D eigenvalue weighted by Gasteiger charge is 2.08. The molecule has 0 heterocycles. The van der Waals surface area contributed by atoms with Gasteiger partial charge >= 0.3 is 0 Å². The molecular weight excluding hydrogens is 172 g/mol. The van der Waals surface area contributed by atoms with Crippen molar-refractivity contribution in [2.45, 2.75) is 46.0 Å². The molecule has 78 valence electrons. The van der Waals surface area contributed by atoms with E-state index in [2.05, 4.69) is 32.9 Å². The summed E-state index contributed by atoms with van der Waals surface area (Å²) in [5.41, 5.74) is 2.31. The predicted molar refractivity (Wildman–Crippen MR) is 60.8 cm³/mol. The van der Waals surface area contributed by atoms with Crippen LogP contribution in [0, 0.1) is 0 Å². The predicted octanol–water partition coefficient (Wildman–Crippen LogP) is 3.86. The molecule has 0 spiro atoms. The Hall–Kier alpha value is -0.980. The highest BCUT2D eigenvalue weighted by atomic mass is 16.3. The Bertz CT molecular complexity index is 291. The van der Waals surface area contributed by atoms with E-state index in [9.17, 15) is 5.11 Å². The first-order valence-electron chi connectivity index (χ1n) is 5.50. The summed E-state index contributed by atoms with van der Waals surface area (Å²) in [6.07, 6.45) is 3.25. The maximum absolute atomic E-state index is 9.82. The Morgan fingerprint density at radius 2 is 2.00 bits per heavy atom. The van der Waals surface area contributed by atoms with Gasteiger partial charge in [0.25, 0.3) is 0 Å². The van der Waals surface area contributed by atoms with Crippen molar-refractivity contribution in [3.63, 3.8) is 0 Å². The fraction of sp³-hybridized carbons (Fsp3) is 0.538. The van der Waals surface area contributed by atoms with Crippen molar-refractivity contribution in [2.24, 2.45) is 0 Å². The lowest BCUT2D eigenvalue weighted by atomic mass is 9.95. The number of hydrogen-bond acceptors (Lipinski definition) is 1. The number of aryl methyl sites for hydroxylation is 1. The van der Waals surface area contributed by atoms with E-state index in [1.165, 1.54) is 5.56 Å². The highest BCUT2D eigenvalue weighted by molar-refractivity contribution is 5.38. The first kappa shape index (κ1) is 11.1. The molecule has 14 heavy (non-hydrogen) atoms. The van der Waals surface area contributed by atoms with Gasteiger partial charge in [-0.25, -0.2) is 0 Å². The fourth-order valence-electron chi connectivity index (χ4n) is 1.67. The zero-order valence-electron chi connectivity index (χ0n) is 9.38. The molecule has 0 fully saturated rings. The van der Waals surface area contributed by atoms with E-state index in [0.717, 1.165) is 24.8 Å². The molecule has 0 saturated heterocycles. The van der Waals surface area contributed by atoms with Crippen molar-refractivity contribution in [3.05, 3.63) is 29.3 Å². The standard InChI is InChI=1S/C13H20O/c1-4-6-11-7-8-12(10(3)5-2)13(14)9-11/h7-10,14H,4-6H2,1-3H3. The molecule has 1 N–H and O–H groups in total. The first-order valence-corrected chi connectivity index (χ1v) is 5.50. The smallest absolute Gasteiger partial charge is 0.119 e. The van der Waals surface area contributed by atoms with Crippen LogP contribution in [0.1, 0.15) is 50.7 Å². The van der Waals surface area contributed by atoms with Crippen molar-refractivity contribution < 1.29 is 5.11 Å². The maximum atomic E-state index is 9.82. The summed E-state index contributed by atoms with van der Waals surface area (Å²) in [6, 6.07) is 6.10. The Morgan fingerprint density at radius 1 is 1.29 bits per heavy atom. The summed E-state index contributed by atoms with van der Waals surface area (Å²) in [5, 5.41) is 9.82. The van der Waals surface area contributed by atoms with E-state index < -0.39 is 0 Å². The van der Waals surface area contributed by atoms with Crippen molar-refractivity contribution in [1.29, 1.82) is 0 Å². The molecule has 1 aromatic carbocycles. The molecule has 0 amide bonds. The monoisotopic (exact) mass is 192 g/mol. The topological polar surface area (TPSA) is 20.2 Å². The normalized spacial score (nSPS) is 12.8. The second kappa shape index (κ2) is 5.04. The van der Waals surface area contributed by atoms with Gasteiger partial charge in [-0.2, -0.15) is 0 Å². The minimum atomic E-state index is 0.450. The number of rotatable bonds is 4. The second-order valence-corrected chi connectivity index (χ2v) is 3.95. The third kappa shape index (κ3) is 2.50. The summed E-state index contributed by atoms with van der Waals surface area (Å²) < 4.78 is 0. The van der Waals surface area contributed by atoms with Crippen LogP contribution >= 0.6 is 0 Å². The summed E-state index contributed by atoms with van der Waals surface area (Å²) in [4.78, 5) is 0. The van der Waals surface area contributed by atoms with E-state index in [4.69, 9.17) is 0 Å². The van der Waals surface area contributed by atoms with E-state index in [-0.39, 0.29) is 0 Å². The number of phenols is 1. The molecule has 1 nitrogen and oxygen atoms in total. The van der Waals surface area contributed by atoms with Gasteiger partial charge in [0.1, 0.15) is 5.75 Å². The van der Waals surface area contributed by atoms with Gasteiger partial charge in [-0.3, -0.25) is 0 Å². The quantitative estimate of drug-likeness (QED) is 0.768. The molecule has 1 rings (SSSR count). The number of phenolic OH excluding ortho intramolecular Hbond substituents is 1. The SMILES string of the molecule is CCCc1ccc(C(C)CC)c(O)c1. The zero-order valence-corrected chi connectivity index (χ0v) is 9.38. The Labute approximate surface area is 86.8 Å². The molecular formula is C13H20O. The van der Waals surface area contributed by atoms with Crippen molar-refractivity contribution in [3.8, 4) is 5.75 Å². The van der Waals surface area contributed by atoms with Crippen LogP contribution in [0.25, 0.3) is 0 Å². The van der Waals surface area contributed by atoms with E-state index in [1.807, 2.05) is 6.07 Å². The van der Waals surface area contributed by atoms with Gasteiger partial charge in [0.15, 0.2) is 0 Å². The lowest BCUT2D eigenvalue weighted by Crippen LogP contribution is -1.93. The number of hydrogen-bond donors (Lipinski definition) is 1. The molecule has 0 aliphatic carbocycles. The molecule has 0 aliphatic rings. The minimum absolute atomic E-state index is 0.450. The molecule has 0 saturated carbocycles. The third-order valence-corrected chi connectivity index (χ3v) is 2.78. The number of benzene rings is 1. The molecule has 0 bridgehead atoms. The van der Waals surface area contributed by atoms with Crippen LogP contribution in [-0.2, 0) is 6.42 Å². The minimum Gasteiger partial charge on any atom is -0.508 e. The molecule has 0 aliphatic heterocycles. The Balaban J connectivity index is 2.89. The average molecular weight is 192 g/mol. The van der Waals surface area contributed by atoms with Crippen LogP contribution in [-0.4, -0.2) is 5.11 Å². The Kier molecular flexibility index (Phi) is 3.99. The van der Waals surface area contributed by atoms with Gasteiger partial charge in [0, 0.05) is 0 Å². The van der Waals surface area contributed by atoms with Crippen LogP contribution in [0.3, 0.4) is 0 Å². The van der Waals surface area contributed by atoms with Gasteiger partial charge < -0.3 is 5.11 Å². The van der Waals surface area contributed by atoms with E-state index >= 15 is 0 Å². The van der Waals surface area contributed by atoms with Crippen LogP contribution in [0.4, 0.5) is 0 Å². The highest BCUT2D eigenvalue weighted by Crippen LogP contribution is 2.28. The van der Waals surface area contributed by atoms with Crippen molar-refractivity contribution in [2.75, 3.05) is 0 Å². The van der Waals surface area contributed by atoms with Crippen molar-refractivity contribution in [1.82, 2.24) is 0 Å². The van der Waals surface area contributed by atoms with Crippen LogP contribution in [0.15, 0.2) is 18.2 Å². The van der Waals surface area contributed by atoms with E-state index in [0.29, 0.717) is 11.7 Å². The van der Waals surface area contributed by atoms with Crippen LogP contribution in [0.5, 0.6) is 5.75 Å². The summed E-state index contributed by atoms with van der Waals surface area (Å²) in [7, 11) is 0. The maximum Gasteiger partial charge on any atom is 0.119 e. The Morgan fingerprint density at radius 3 is 2.50 bits per heavy atom. The molecule has 1 atom stereocenters. The average Bonchev–Trinajstić information content (AvgIpc) is 2.17. The molecule has 1 heteroatoms. The van der Waals surface area contributed by atoms with Gasteiger partial charge in [0.05, 0.1) is 0 Å². The zero-order chi connectivity index (χ0) is 10.6. The lowest BCUT2D eigenvalue weighted by Gasteiger charge is -2.12. The molecule has 1 aromatic rings. The van der Waals surface area contributed by atoms with Crippen molar-refractivity contribution >= 4 is 0 Å². The molecule has 0 aromatic heterocycles. The fourth-order valence-corrected chi connectivity index (χ4v) is 1.67. The second-order valence-electron chi connectivity index (χ2n) is 3.95. The largest absolute Gasteiger partial charge is 0.508 e. The van der Waals surface area contributed by atoms with Gasteiger partial charge in [-0.05, 0) is 36.0 Å². The lowest BCUT2D eigenvalue weighted by molar-refractivity contribution is 0.461. The number of aromatic hydroxyl groups is 1. The van der Waals surface area contributed by atoms with Gasteiger partial charge in [-0.15, -0.1) is 0 Å².